The lowest BCUT2D eigenvalue weighted by molar-refractivity contribution is -0.135. The van der Waals surface area contributed by atoms with Crippen LogP contribution in [0.5, 0.6) is 5.75 Å². The van der Waals surface area contributed by atoms with Gasteiger partial charge in [0.15, 0.2) is 23.4 Å². The summed E-state index contributed by atoms with van der Waals surface area (Å²) in [6.45, 7) is 7.42. The first-order chi connectivity index (χ1) is 25.1. The van der Waals surface area contributed by atoms with Crippen LogP contribution in [0, 0.1) is 11.8 Å². The summed E-state index contributed by atoms with van der Waals surface area (Å²) in [5.41, 5.74) is 4.59. The summed E-state index contributed by atoms with van der Waals surface area (Å²) >= 11 is 0. The number of aliphatic hydroxyl groups excluding tert-OH is 1. The van der Waals surface area contributed by atoms with E-state index in [0.717, 1.165) is 38.8 Å². The van der Waals surface area contributed by atoms with E-state index >= 15 is 0 Å². The first-order valence-electron chi connectivity index (χ1n) is 17.6. The van der Waals surface area contributed by atoms with Crippen molar-refractivity contribution in [2.24, 2.45) is 11.8 Å². The number of hydrogen-bond acceptors (Lipinski definition) is 9. The number of aliphatic hydroxyl groups is 1. The van der Waals surface area contributed by atoms with Gasteiger partial charge in [-0.25, -0.2) is 9.97 Å². The van der Waals surface area contributed by atoms with Gasteiger partial charge in [0, 0.05) is 40.3 Å². The summed E-state index contributed by atoms with van der Waals surface area (Å²) in [5, 5.41) is 21.1. The van der Waals surface area contributed by atoms with E-state index in [1.54, 1.807) is 20.0 Å². The predicted molar refractivity (Wildman–Crippen MR) is 192 cm³/mol. The van der Waals surface area contributed by atoms with Gasteiger partial charge in [0.2, 0.25) is 23.6 Å². The first-order valence-corrected chi connectivity index (χ1v) is 17.6. The van der Waals surface area contributed by atoms with Crippen molar-refractivity contribution in [3.05, 3.63) is 107 Å². The van der Waals surface area contributed by atoms with Crippen molar-refractivity contribution in [3.63, 3.8) is 0 Å². The van der Waals surface area contributed by atoms with Gasteiger partial charge in [0.25, 0.3) is 0 Å². The number of anilines is 1. The molecule has 3 aromatic heterocycles. The van der Waals surface area contributed by atoms with Crippen molar-refractivity contribution in [2.75, 3.05) is 5.32 Å². The Balaban J connectivity index is 1.26. The number of carbonyl (C=O) groups excluding carboxylic acids is 2. The monoisotopic (exact) mass is 698 g/mol. The summed E-state index contributed by atoms with van der Waals surface area (Å²) in [6, 6.07) is 20.1. The summed E-state index contributed by atoms with van der Waals surface area (Å²) < 4.78 is 20.2. The molecule has 6 heterocycles. The van der Waals surface area contributed by atoms with Crippen molar-refractivity contribution < 1.29 is 28.3 Å². The van der Waals surface area contributed by atoms with E-state index in [1.165, 1.54) is 0 Å². The number of ether oxygens (including phenoxy) is 1. The van der Waals surface area contributed by atoms with Gasteiger partial charge < -0.3 is 39.6 Å². The van der Waals surface area contributed by atoms with E-state index < -0.39 is 41.6 Å². The van der Waals surface area contributed by atoms with E-state index in [-0.39, 0.29) is 30.0 Å². The number of fused-ring (bicyclic) bond motifs is 5. The number of benzene rings is 3. The van der Waals surface area contributed by atoms with Crippen molar-refractivity contribution in [3.8, 4) is 28.7 Å². The zero-order valence-corrected chi connectivity index (χ0v) is 29.1. The molecule has 0 saturated carbocycles. The topological polar surface area (TPSA) is 168 Å². The molecular weight excluding hydrogens is 660 g/mol. The lowest BCUT2D eigenvalue weighted by Crippen LogP contribution is -2.52. The molecule has 1 unspecified atom stereocenters. The maximum atomic E-state index is 14.1. The van der Waals surface area contributed by atoms with Crippen LogP contribution in [0.1, 0.15) is 62.1 Å². The standard InChI is InChI=1S/C40H38N6O6/c1-19(2)31-38-46-32(37-42-18-30(50-37)23-17-41-26-11-7-5-9-22(23)26)34(52-38)40-24-10-6-8-12-27(24)44-39(40)51-29-14-13-21(15-25(29)40)16-28(35(48)45-31)43-36(49)33(47)20(3)4/h5-15,17-20,28,31,33,39,41,44,47H,16H2,1-4H3,(H,43,49)(H,45,48)/t28-,31-,33-,39?,40-/m0/s1. The second kappa shape index (κ2) is 11.8. The SMILES string of the molecule is CC(C)[C@H](O)C(=O)N[C@H]1Cc2ccc3c(c2)[C@@]2(c4ccccc4NC2O3)c2oc(nc2-c2ncc(-c3c[nH]c4ccccc34)o2)[C@H](C(C)C)NC1=O. The minimum Gasteiger partial charge on any atom is -0.469 e. The Morgan fingerprint density at radius 1 is 1.00 bits per heavy atom. The number of hydrogen-bond donors (Lipinski definition) is 5. The second-order valence-electron chi connectivity index (χ2n) is 14.5. The molecule has 5 atom stereocenters. The minimum absolute atomic E-state index is 0.170. The molecule has 52 heavy (non-hydrogen) atoms. The van der Waals surface area contributed by atoms with Crippen LogP contribution in [0.15, 0.2) is 88.0 Å². The van der Waals surface area contributed by atoms with Gasteiger partial charge in [0.1, 0.15) is 29.4 Å². The number of nitrogens with zero attached hydrogens (tertiary/aromatic N) is 2. The predicted octanol–water partition coefficient (Wildman–Crippen LogP) is 5.83. The number of carbonyl (C=O) groups is 2. The second-order valence-corrected chi connectivity index (χ2v) is 14.5. The number of aromatic amines is 1. The van der Waals surface area contributed by atoms with E-state index in [2.05, 4.69) is 27.0 Å². The van der Waals surface area contributed by atoms with Crippen molar-refractivity contribution >= 4 is 28.4 Å². The third-order valence-corrected chi connectivity index (χ3v) is 10.5. The van der Waals surface area contributed by atoms with Crippen LogP contribution in [0.25, 0.3) is 33.8 Å². The third-order valence-electron chi connectivity index (χ3n) is 10.5. The largest absolute Gasteiger partial charge is 0.469 e. The Morgan fingerprint density at radius 2 is 1.81 bits per heavy atom. The van der Waals surface area contributed by atoms with Crippen LogP contribution in [-0.4, -0.2) is 50.2 Å². The molecule has 12 nitrogen and oxygen atoms in total. The van der Waals surface area contributed by atoms with Crippen LogP contribution in [0.2, 0.25) is 0 Å². The number of H-pyrrole nitrogens is 1. The van der Waals surface area contributed by atoms with Gasteiger partial charge in [-0.15, -0.1) is 0 Å². The third kappa shape index (κ3) is 4.77. The highest BCUT2D eigenvalue weighted by Crippen LogP contribution is 2.59. The minimum atomic E-state index is -1.28. The zero-order chi connectivity index (χ0) is 35.9. The van der Waals surface area contributed by atoms with Crippen LogP contribution >= 0.6 is 0 Å². The van der Waals surface area contributed by atoms with E-state index in [0.29, 0.717) is 23.0 Å². The van der Waals surface area contributed by atoms with Gasteiger partial charge >= 0.3 is 0 Å². The number of aromatic nitrogens is 3. The average molecular weight is 699 g/mol. The molecule has 2 amide bonds. The number of para-hydroxylation sites is 2. The van der Waals surface area contributed by atoms with Crippen molar-refractivity contribution in [1.82, 2.24) is 25.6 Å². The number of rotatable bonds is 6. The highest BCUT2D eigenvalue weighted by atomic mass is 16.5. The van der Waals surface area contributed by atoms with Crippen LogP contribution in [0.3, 0.4) is 0 Å². The van der Waals surface area contributed by atoms with Crippen LogP contribution in [0.4, 0.5) is 5.69 Å². The molecule has 6 aromatic rings. The molecule has 1 spiro atoms. The quantitative estimate of drug-likeness (QED) is 0.144. The molecule has 264 valence electrons. The summed E-state index contributed by atoms with van der Waals surface area (Å²) in [6.07, 6.45) is 1.87. The Kier molecular flexibility index (Phi) is 7.30. The molecule has 0 fully saturated rings. The van der Waals surface area contributed by atoms with E-state index in [9.17, 15) is 14.7 Å². The Labute approximate surface area is 299 Å². The zero-order valence-electron chi connectivity index (χ0n) is 29.1. The fourth-order valence-electron chi connectivity index (χ4n) is 7.79. The Bertz CT molecular complexity index is 2370. The van der Waals surface area contributed by atoms with Gasteiger partial charge in [-0.3, -0.25) is 9.59 Å². The van der Waals surface area contributed by atoms with E-state index in [4.69, 9.17) is 23.5 Å². The molecular formula is C40H38N6O6. The van der Waals surface area contributed by atoms with Crippen LogP contribution < -0.4 is 20.7 Å². The van der Waals surface area contributed by atoms with Gasteiger partial charge in [-0.05, 0) is 41.2 Å². The Hall–Kier alpha value is -5.88. The van der Waals surface area contributed by atoms with Gasteiger partial charge in [-0.2, -0.15) is 0 Å². The number of nitrogens with one attached hydrogen (secondary N) is 4. The lowest BCUT2D eigenvalue weighted by atomic mass is 9.72. The average Bonchev–Trinajstić information content (AvgIpc) is 3.96. The van der Waals surface area contributed by atoms with Crippen molar-refractivity contribution in [2.45, 2.75) is 63.9 Å². The molecule has 12 heteroatoms. The molecule has 4 bridgehead atoms. The normalized spacial score (nSPS) is 22.2. The van der Waals surface area contributed by atoms with Crippen LogP contribution in [-0.2, 0) is 21.4 Å². The molecule has 0 aliphatic carbocycles. The fourth-order valence-corrected chi connectivity index (χ4v) is 7.79. The fraction of sp³-hybridized carbons (Fsp3) is 0.300. The van der Waals surface area contributed by atoms with Gasteiger partial charge in [0.05, 0.1) is 6.20 Å². The maximum absolute atomic E-state index is 14.1. The molecule has 9 rings (SSSR count). The van der Waals surface area contributed by atoms with Gasteiger partial charge in [-0.1, -0.05) is 76.2 Å². The molecule has 3 aliphatic rings. The summed E-state index contributed by atoms with van der Waals surface area (Å²) in [5.74, 6) is 0.625. The highest BCUT2D eigenvalue weighted by molar-refractivity contribution is 5.94. The highest BCUT2D eigenvalue weighted by Gasteiger charge is 2.61. The number of amides is 2. The molecule has 3 aromatic carbocycles. The molecule has 5 N–H and O–H groups in total. The number of oxazole rings is 2. The van der Waals surface area contributed by atoms with E-state index in [1.807, 2.05) is 80.7 Å². The lowest BCUT2D eigenvalue weighted by Gasteiger charge is -2.29. The maximum Gasteiger partial charge on any atom is 0.249 e. The molecule has 0 saturated heterocycles. The summed E-state index contributed by atoms with van der Waals surface area (Å²) in [4.78, 5) is 40.4. The first kappa shape index (κ1) is 32.1. The van der Waals surface area contributed by atoms with Crippen molar-refractivity contribution in [1.29, 1.82) is 0 Å². The summed E-state index contributed by atoms with van der Waals surface area (Å²) in [7, 11) is 0. The Morgan fingerprint density at radius 3 is 2.63 bits per heavy atom. The smallest absolute Gasteiger partial charge is 0.249 e. The molecule has 0 radical (unpaired) electrons. The molecule has 3 aliphatic heterocycles.